The van der Waals surface area contributed by atoms with Crippen molar-refractivity contribution >= 4 is 16.5 Å². The maximum Gasteiger partial charge on any atom is 0.223 e. The monoisotopic (exact) mass is 230 g/mol. The number of rotatable bonds is 2. The highest BCUT2D eigenvalue weighted by Gasteiger charge is 2.27. The van der Waals surface area contributed by atoms with E-state index < -0.39 is 0 Å². The van der Waals surface area contributed by atoms with Crippen molar-refractivity contribution in [2.45, 2.75) is 19.1 Å². The first-order valence-electron chi connectivity index (χ1n) is 4.84. The Labute approximate surface area is 91.9 Å². The molecule has 1 aromatic rings. The number of aliphatic hydroxyl groups excluding tert-OH is 1. The van der Waals surface area contributed by atoms with Crippen LogP contribution >= 0.6 is 11.3 Å². The van der Waals surface area contributed by atoms with E-state index in [-0.39, 0.29) is 24.6 Å². The Morgan fingerprint density at radius 3 is 3.13 bits per heavy atom. The van der Waals surface area contributed by atoms with Crippen molar-refractivity contribution in [1.29, 1.82) is 0 Å². The summed E-state index contributed by atoms with van der Waals surface area (Å²) in [5, 5.41) is 20.6. The molecule has 15 heavy (non-hydrogen) atoms. The second-order valence-corrected chi connectivity index (χ2v) is 4.46. The van der Waals surface area contributed by atoms with Gasteiger partial charge in [-0.15, -0.1) is 11.3 Å². The lowest BCUT2D eigenvalue weighted by molar-refractivity contribution is -0.0103. The zero-order chi connectivity index (χ0) is 10.8. The average Bonchev–Trinajstić information content (AvgIpc) is 2.65. The Hall–Kier alpha value is -0.850. The maximum atomic E-state index is 9.19. The summed E-state index contributed by atoms with van der Waals surface area (Å²) >= 11 is 1.40. The first-order valence-corrected chi connectivity index (χ1v) is 5.72. The molecule has 1 fully saturated rings. The van der Waals surface area contributed by atoms with Gasteiger partial charge < -0.3 is 19.8 Å². The smallest absolute Gasteiger partial charge is 0.223 e. The Bertz CT molecular complexity index is 331. The number of aromatic hydroxyl groups is 1. The first kappa shape index (κ1) is 10.7. The number of aromatic nitrogens is 1. The minimum Gasteiger partial charge on any atom is -0.493 e. The summed E-state index contributed by atoms with van der Waals surface area (Å²) in [5.74, 6) is 0.0502. The van der Waals surface area contributed by atoms with E-state index in [1.165, 1.54) is 11.3 Å². The molecule has 0 amide bonds. The molecular formula is C9H14N2O3S. The molecule has 1 aliphatic heterocycles. The summed E-state index contributed by atoms with van der Waals surface area (Å²) < 4.78 is 5.42. The third-order valence-electron chi connectivity index (χ3n) is 2.43. The molecule has 0 aliphatic carbocycles. The second kappa shape index (κ2) is 4.34. The lowest BCUT2D eigenvalue weighted by Crippen LogP contribution is -2.49. The van der Waals surface area contributed by atoms with Crippen LogP contribution in [0.15, 0.2) is 5.38 Å². The maximum absolute atomic E-state index is 9.19. The van der Waals surface area contributed by atoms with Crippen LogP contribution in [-0.4, -0.2) is 47.1 Å². The molecule has 84 valence electrons. The number of morpholine rings is 1. The molecule has 2 unspecified atom stereocenters. The van der Waals surface area contributed by atoms with Gasteiger partial charge >= 0.3 is 0 Å². The molecule has 2 N–H and O–H groups in total. The van der Waals surface area contributed by atoms with Gasteiger partial charge in [-0.1, -0.05) is 0 Å². The van der Waals surface area contributed by atoms with Gasteiger partial charge in [0.1, 0.15) is 0 Å². The molecule has 0 bridgehead atoms. The number of anilines is 1. The fourth-order valence-electron chi connectivity index (χ4n) is 1.58. The summed E-state index contributed by atoms with van der Waals surface area (Å²) in [6.45, 7) is 3.24. The highest BCUT2D eigenvalue weighted by atomic mass is 32.1. The highest BCUT2D eigenvalue weighted by molar-refractivity contribution is 7.13. The van der Waals surface area contributed by atoms with E-state index in [1.807, 2.05) is 6.92 Å². The van der Waals surface area contributed by atoms with Gasteiger partial charge in [0, 0.05) is 6.54 Å². The van der Waals surface area contributed by atoms with Crippen molar-refractivity contribution in [2.24, 2.45) is 0 Å². The van der Waals surface area contributed by atoms with Crippen molar-refractivity contribution in [3.8, 4) is 5.88 Å². The van der Waals surface area contributed by atoms with Gasteiger partial charge in [0.25, 0.3) is 0 Å². The zero-order valence-corrected chi connectivity index (χ0v) is 9.28. The Kier molecular flexibility index (Phi) is 3.08. The number of nitrogens with zero attached hydrogens (tertiary/aromatic N) is 2. The molecule has 2 rings (SSSR count). The minimum absolute atomic E-state index is 0.0145. The van der Waals surface area contributed by atoms with Crippen LogP contribution in [0.2, 0.25) is 0 Å². The molecule has 5 nitrogen and oxygen atoms in total. The molecule has 0 radical (unpaired) electrons. The van der Waals surface area contributed by atoms with Crippen LogP contribution < -0.4 is 4.90 Å². The van der Waals surface area contributed by atoms with Gasteiger partial charge in [0.15, 0.2) is 5.13 Å². The van der Waals surface area contributed by atoms with Crippen LogP contribution in [0, 0.1) is 0 Å². The largest absolute Gasteiger partial charge is 0.493 e. The van der Waals surface area contributed by atoms with Gasteiger partial charge in [-0.3, -0.25) is 0 Å². The number of thiazole rings is 1. The molecular weight excluding hydrogens is 216 g/mol. The SMILES string of the molecule is CC1COC(CO)CN1c1nc(O)cs1. The second-order valence-electron chi connectivity index (χ2n) is 3.63. The number of hydrogen-bond donors (Lipinski definition) is 2. The quantitative estimate of drug-likeness (QED) is 0.771. The molecule has 1 aromatic heterocycles. The predicted molar refractivity (Wildman–Crippen MR) is 57.4 cm³/mol. The van der Waals surface area contributed by atoms with E-state index in [9.17, 15) is 5.11 Å². The topological polar surface area (TPSA) is 65.8 Å². The van der Waals surface area contributed by atoms with Crippen molar-refractivity contribution in [2.75, 3.05) is 24.7 Å². The first-order chi connectivity index (χ1) is 7.20. The van der Waals surface area contributed by atoms with Crippen LogP contribution in [0.1, 0.15) is 6.92 Å². The van der Waals surface area contributed by atoms with Crippen LogP contribution in [0.4, 0.5) is 5.13 Å². The lowest BCUT2D eigenvalue weighted by atomic mass is 10.2. The van der Waals surface area contributed by atoms with Crippen molar-refractivity contribution in [3.63, 3.8) is 0 Å². The van der Waals surface area contributed by atoms with Crippen molar-refractivity contribution < 1.29 is 14.9 Å². The number of hydrogen-bond acceptors (Lipinski definition) is 6. The number of ether oxygens (including phenoxy) is 1. The van der Waals surface area contributed by atoms with Gasteiger partial charge in [-0.25, -0.2) is 0 Å². The molecule has 0 spiro atoms. The normalized spacial score (nSPS) is 26.9. The Morgan fingerprint density at radius 1 is 1.73 bits per heavy atom. The lowest BCUT2D eigenvalue weighted by Gasteiger charge is -2.37. The summed E-state index contributed by atoms with van der Waals surface area (Å²) in [6, 6.07) is 0.221. The van der Waals surface area contributed by atoms with Crippen molar-refractivity contribution in [3.05, 3.63) is 5.38 Å². The van der Waals surface area contributed by atoms with Crippen LogP contribution in [-0.2, 0) is 4.74 Å². The molecule has 2 heterocycles. The molecule has 2 atom stereocenters. The predicted octanol–water partition coefficient (Wildman–Crippen LogP) is 0.435. The highest BCUT2D eigenvalue weighted by Crippen LogP contribution is 2.27. The fourth-order valence-corrected chi connectivity index (χ4v) is 2.38. The van der Waals surface area contributed by atoms with E-state index in [2.05, 4.69) is 9.88 Å². The summed E-state index contributed by atoms with van der Waals surface area (Å²) in [6.07, 6.45) is -0.160. The molecule has 1 saturated heterocycles. The van der Waals surface area contributed by atoms with E-state index in [4.69, 9.17) is 9.84 Å². The third-order valence-corrected chi connectivity index (χ3v) is 3.30. The van der Waals surface area contributed by atoms with Crippen LogP contribution in [0.5, 0.6) is 5.88 Å². The average molecular weight is 230 g/mol. The van der Waals surface area contributed by atoms with E-state index in [0.717, 1.165) is 5.13 Å². The fraction of sp³-hybridized carbons (Fsp3) is 0.667. The minimum atomic E-state index is -0.160. The molecule has 1 aliphatic rings. The molecule has 6 heteroatoms. The summed E-state index contributed by atoms with van der Waals surface area (Å²) in [4.78, 5) is 6.07. The van der Waals surface area contributed by atoms with Gasteiger partial charge in [-0.2, -0.15) is 4.98 Å². The van der Waals surface area contributed by atoms with Gasteiger partial charge in [0.2, 0.25) is 5.88 Å². The van der Waals surface area contributed by atoms with Crippen LogP contribution in [0.3, 0.4) is 0 Å². The standard InChI is InChI=1S/C9H14N2O3S/c1-6-4-14-7(3-12)2-11(6)9-10-8(13)5-15-9/h5-7,12-13H,2-4H2,1H3. The summed E-state index contributed by atoms with van der Waals surface area (Å²) in [7, 11) is 0. The van der Waals surface area contributed by atoms with Crippen LogP contribution in [0.25, 0.3) is 0 Å². The van der Waals surface area contributed by atoms with E-state index in [1.54, 1.807) is 5.38 Å². The third kappa shape index (κ3) is 2.22. The zero-order valence-electron chi connectivity index (χ0n) is 8.46. The van der Waals surface area contributed by atoms with E-state index in [0.29, 0.717) is 13.2 Å². The van der Waals surface area contributed by atoms with Crippen molar-refractivity contribution in [1.82, 2.24) is 4.98 Å². The molecule has 0 aromatic carbocycles. The Balaban J connectivity index is 2.12. The Morgan fingerprint density at radius 2 is 2.53 bits per heavy atom. The van der Waals surface area contributed by atoms with Gasteiger partial charge in [-0.05, 0) is 6.92 Å². The number of aliphatic hydroxyl groups is 1. The summed E-state index contributed by atoms with van der Waals surface area (Å²) in [5.41, 5.74) is 0. The molecule has 0 saturated carbocycles. The van der Waals surface area contributed by atoms with E-state index >= 15 is 0 Å². The van der Waals surface area contributed by atoms with Gasteiger partial charge in [0.05, 0.1) is 30.7 Å².